The maximum absolute atomic E-state index is 12.6. The molecule has 0 saturated carbocycles. The van der Waals surface area contributed by atoms with Crippen molar-refractivity contribution in [1.29, 1.82) is 0 Å². The molecule has 1 aromatic heterocycles. The fourth-order valence-electron chi connectivity index (χ4n) is 4.12. The van der Waals surface area contributed by atoms with Gasteiger partial charge in [0.2, 0.25) is 0 Å². The predicted octanol–water partition coefficient (Wildman–Crippen LogP) is 2.53. The molecule has 2 N–H and O–H groups in total. The van der Waals surface area contributed by atoms with Crippen molar-refractivity contribution in [3.05, 3.63) is 44.5 Å². The number of aromatic nitrogens is 2. The van der Waals surface area contributed by atoms with Crippen LogP contribution in [0.1, 0.15) is 24.0 Å². The zero-order valence-electron chi connectivity index (χ0n) is 17.4. The third-order valence-corrected chi connectivity index (χ3v) is 6.03. The minimum atomic E-state index is -0.123. The van der Waals surface area contributed by atoms with Gasteiger partial charge in [-0.15, -0.1) is 0 Å². The number of H-pyrrole nitrogens is 1. The number of benzene rings is 1. The van der Waals surface area contributed by atoms with Crippen LogP contribution < -0.4 is 20.3 Å². The van der Waals surface area contributed by atoms with E-state index in [2.05, 4.69) is 15.2 Å². The van der Waals surface area contributed by atoms with E-state index in [9.17, 15) is 4.79 Å². The Kier molecular flexibility index (Phi) is 6.40. The summed E-state index contributed by atoms with van der Waals surface area (Å²) in [6.45, 7) is 3.56. The van der Waals surface area contributed by atoms with Gasteiger partial charge in [0, 0.05) is 26.2 Å². The molecule has 8 nitrogen and oxygen atoms in total. The summed E-state index contributed by atoms with van der Waals surface area (Å²) in [5.74, 6) is 2.21. The van der Waals surface area contributed by atoms with Crippen molar-refractivity contribution >= 4 is 18.0 Å². The van der Waals surface area contributed by atoms with Gasteiger partial charge in [-0.1, -0.05) is 6.07 Å². The number of aromatic amines is 1. The van der Waals surface area contributed by atoms with Gasteiger partial charge in [0.15, 0.2) is 16.3 Å². The van der Waals surface area contributed by atoms with E-state index in [4.69, 9.17) is 26.4 Å². The van der Waals surface area contributed by atoms with Gasteiger partial charge in [0.25, 0.3) is 5.56 Å². The normalized spacial score (nSPS) is 18.7. The van der Waals surface area contributed by atoms with Crippen LogP contribution in [0, 0.1) is 4.77 Å². The van der Waals surface area contributed by atoms with Crippen molar-refractivity contribution in [2.24, 2.45) is 0 Å². The monoisotopic (exact) mass is 432 g/mol. The van der Waals surface area contributed by atoms with Crippen LogP contribution in [0.5, 0.6) is 11.5 Å². The van der Waals surface area contributed by atoms with Gasteiger partial charge in [0.1, 0.15) is 5.82 Å². The first-order chi connectivity index (χ1) is 14.6. The molecule has 30 heavy (non-hydrogen) atoms. The number of hydrogen-bond acceptors (Lipinski definition) is 7. The topological polar surface area (TPSA) is 80.8 Å². The van der Waals surface area contributed by atoms with Crippen LogP contribution >= 0.6 is 12.2 Å². The first-order valence-corrected chi connectivity index (χ1v) is 10.6. The van der Waals surface area contributed by atoms with Crippen LogP contribution in [0.2, 0.25) is 0 Å². The van der Waals surface area contributed by atoms with E-state index in [1.165, 1.54) is 0 Å². The Morgan fingerprint density at radius 3 is 2.83 bits per heavy atom. The summed E-state index contributed by atoms with van der Waals surface area (Å²) in [4.78, 5) is 17.6. The number of aryl methyl sites for hydroxylation is 1. The average Bonchev–Trinajstić information content (AvgIpc) is 3.26. The number of hydrogen-bond donors (Lipinski definition) is 2. The minimum Gasteiger partial charge on any atom is -0.493 e. The van der Waals surface area contributed by atoms with E-state index >= 15 is 0 Å². The van der Waals surface area contributed by atoms with Crippen LogP contribution in [0.15, 0.2) is 23.0 Å². The molecule has 2 aromatic rings. The van der Waals surface area contributed by atoms with Crippen LogP contribution in [-0.4, -0.2) is 54.6 Å². The van der Waals surface area contributed by atoms with Gasteiger partial charge >= 0.3 is 0 Å². The number of anilines is 1. The number of fused-ring (bicyclic) bond motifs is 1. The molecule has 2 aliphatic rings. The minimum absolute atomic E-state index is 0.123. The van der Waals surface area contributed by atoms with E-state index in [1.807, 2.05) is 22.8 Å². The lowest BCUT2D eigenvalue weighted by molar-refractivity contribution is 0.0716. The Morgan fingerprint density at radius 1 is 1.27 bits per heavy atom. The van der Waals surface area contributed by atoms with Crippen LogP contribution in [0.3, 0.4) is 0 Å². The molecule has 0 unspecified atom stereocenters. The van der Waals surface area contributed by atoms with Crippen molar-refractivity contribution in [3.63, 3.8) is 0 Å². The summed E-state index contributed by atoms with van der Waals surface area (Å²) >= 11 is 5.46. The Bertz CT molecular complexity index is 1010. The van der Waals surface area contributed by atoms with Gasteiger partial charge in [0.05, 0.1) is 32.6 Å². The molecule has 0 aliphatic carbocycles. The van der Waals surface area contributed by atoms with Crippen molar-refractivity contribution in [2.75, 3.05) is 39.4 Å². The van der Waals surface area contributed by atoms with Gasteiger partial charge < -0.3 is 24.1 Å². The number of ether oxygens (including phenoxy) is 3. The number of nitrogens with one attached hydrogen (secondary N) is 2. The highest BCUT2D eigenvalue weighted by atomic mass is 32.1. The zero-order chi connectivity index (χ0) is 21.1. The second-order valence-corrected chi connectivity index (χ2v) is 8.05. The fraction of sp³-hybridized carbons (Fsp3) is 0.524. The molecular weight excluding hydrogens is 404 g/mol. The third kappa shape index (κ3) is 4.38. The highest BCUT2D eigenvalue weighted by Gasteiger charge is 2.25. The first kappa shape index (κ1) is 20.9. The summed E-state index contributed by atoms with van der Waals surface area (Å²) in [7, 11) is 3.25. The van der Waals surface area contributed by atoms with Gasteiger partial charge in [-0.25, -0.2) is 0 Å². The van der Waals surface area contributed by atoms with E-state index in [0.29, 0.717) is 36.0 Å². The molecule has 0 amide bonds. The summed E-state index contributed by atoms with van der Waals surface area (Å²) < 4.78 is 18.9. The molecule has 162 valence electrons. The molecule has 2 aliphatic heterocycles. The van der Waals surface area contributed by atoms with Crippen LogP contribution in [-0.2, 0) is 24.2 Å². The van der Waals surface area contributed by atoms with Crippen molar-refractivity contribution in [1.82, 2.24) is 14.5 Å². The van der Waals surface area contributed by atoms with Crippen molar-refractivity contribution in [3.8, 4) is 11.5 Å². The summed E-state index contributed by atoms with van der Waals surface area (Å²) in [6, 6.07) is 5.88. The first-order valence-electron chi connectivity index (χ1n) is 10.2. The van der Waals surface area contributed by atoms with Crippen LogP contribution in [0.4, 0.5) is 5.82 Å². The largest absolute Gasteiger partial charge is 0.493 e. The molecule has 4 rings (SSSR count). The lowest BCUT2D eigenvalue weighted by Gasteiger charge is -2.32. The Hall–Kier alpha value is -2.36. The molecule has 9 heteroatoms. The highest BCUT2D eigenvalue weighted by Crippen LogP contribution is 2.28. The zero-order valence-corrected chi connectivity index (χ0v) is 18.2. The second kappa shape index (κ2) is 9.20. The second-order valence-electron chi connectivity index (χ2n) is 7.66. The SMILES string of the molecule is COc1ccc(CCn2c3c(c(=O)[nH]c2=S)CN(C[C@H]2CCCO2)CN3)cc1OC. The van der Waals surface area contributed by atoms with E-state index < -0.39 is 0 Å². The Morgan fingerprint density at radius 2 is 2.10 bits per heavy atom. The summed E-state index contributed by atoms with van der Waals surface area (Å²) in [5.41, 5.74) is 1.70. The number of methoxy groups -OCH3 is 2. The number of rotatable bonds is 7. The summed E-state index contributed by atoms with van der Waals surface area (Å²) in [6.07, 6.45) is 3.19. The molecule has 3 heterocycles. The van der Waals surface area contributed by atoms with Gasteiger partial charge in [-0.05, 0) is 49.2 Å². The van der Waals surface area contributed by atoms with E-state index in [-0.39, 0.29) is 11.7 Å². The third-order valence-electron chi connectivity index (χ3n) is 5.71. The Labute approximate surface area is 180 Å². The molecule has 1 aromatic carbocycles. The molecule has 0 spiro atoms. The predicted molar refractivity (Wildman–Crippen MR) is 117 cm³/mol. The fourth-order valence-corrected chi connectivity index (χ4v) is 4.40. The maximum atomic E-state index is 12.6. The number of nitrogens with zero attached hydrogens (tertiary/aromatic N) is 2. The highest BCUT2D eigenvalue weighted by molar-refractivity contribution is 7.71. The van der Waals surface area contributed by atoms with Crippen LogP contribution in [0.25, 0.3) is 0 Å². The van der Waals surface area contributed by atoms with E-state index in [0.717, 1.165) is 49.4 Å². The molecule has 1 atom stereocenters. The molecular formula is C21H28N4O4S. The summed E-state index contributed by atoms with van der Waals surface area (Å²) in [5, 5.41) is 3.42. The van der Waals surface area contributed by atoms with E-state index in [1.54, 1.807) is 14.2 Å². The van der Waals surface area contributed by atoms with Gasteiger partial charge in [-0.3, -0.25) is 14.7 Å². The lowest BCUT2D eigenvalue weighted by Crippen LogP contribution is -2.42. The molecule has 0 radical (unpaired) electrons. The standard InChI is InChI=1S/C21H28N4O4S/c1-27-17-6-5-14(10-18(17)28-2)7-8-25-19-16(20(26)23-21(25)30)12-24(13-22-19)11-15-4-3-9-29-15/h5-6,10,15,22H,3-4,7-9,11-13H2,1-2H3,(H,23,26,30)/t15-/m1/s1. The molecule has 1 fully saturated rings. The smallest absolute Gasteiger partial charge is 0.258 e. The lowest BCUT2D eigenvalue weighted by atomic mass is 10.1. The van der Waals surface area contributed by atoms with Crippen molar-refractivity contribution < 1.29 is 14.2 Å². The van der Waals surface area contributed by atoms with Crippen molar-refractivity contribution in [2.45, 2.75) is 38.5 Å². The average molecular weight is 433 g/mol. The van der Waals surface area contributed by atoms with Gasteiger partial charge in [-0.2, -0.15) is 0 Å². The molecule has 0 bridgehead atoms. The quantitative estimate of drug-likeness (QED) is 0.651. The Balaban J connectivity index is 1.52. The molecule has 1 saturated heterocycles. The maximum Gasteiger partial charge on any atom is 0.258 e.